The summed E-state index contributed by atoms with van der Waals surface area (Å²) in [6, 6.07) is 12.8. The summed E-state index contributed by atoms with van der Waals surface area (Å²) in [5, 5.41) is 4.13. The van der Waals surface area contributed by atoms with E-state index in [1.165, 1.54) is 0 Å². The van der Waals surface area contributed by atoms with Gasteiger partial charge < -0.3 is 10.1 Å². The van der Waals surface area contributed by atoms with Crippen LogP contribution in [0.3, 0.4) is 0 Å². The minimum Gasteiger partial charge on any atom is -0.376 e. The molecule has 1 N–H and O–H groups in total. The zero-order valence-electron chi connectivity index (χ0n) is 17.3. The van der Waals surface area contributed by atoms with E-state index in [9.17, 15) is 9.59 Å². The standard InChI is InChI=1S/C24H25Cl2NO3/c1-23(2,3)13-30-21-12-17(28)11-19(14-5-4-6-15(25)9-14)24(21)18-8-7-16(26)10-20(18)27-22(24)29/h4-10,19,21H,11-13H2,1-3H3,(H,27,29). The smallest absolute Gasteiger partial charge is 0.238 e. The average Bonchev–Trinajstić information content (AvgIpc) is 2.93. The molecule has 1 aliphatic heterocycles. The molecule has 1 fully saturated rings. The number of amides is 1. The number of carbonyl (C=O) groups is 2. The summed E-state index contributed by atoms with van der Waals surface area (Å²) in [5.74, 6) is -0.458. The molecule has 4 nitrogen and oxygen atoms in total. The molecule has 1 spiro atoms. The number of ether oxygens (including phenoxy) is 1. The molecule has 3 unspecified atom stereocenters. The Kier molecular flexibility index (Phi) is 5.46. The van der Waals surface area contributed by atoms with Gasteiger partial charge in [-0.1, -0.05) is 62.2 Å². The van der Waals surface area contributed by atoms with Crippen molar-refractivity contribution < 1.29 is 14.3 Å². The molecule has 1 aliphatic carbocycles. The topological polar surface area (TPSA) is 55.4 Å². The number of benzene rings is 2. The van der Waals surface area contributed by atoms with Crippen molar-refractivity contribution in [3.63, 3.8) is 0 Å². The molecule has 158 valence electrons. The Morgan fingerprint density at radius 1 is 1.07 bits per heavy atom. The lowest BCUT2D eigenvalue weighted by Crippen LogP contribution is -2.56. The van der Waals surface area contributed by atoms with E-state index >= 15 is 0 Å². The summed E-state index contributed by atoms with van der Waals surface area (Å²) < 4.78 is 6.35. The molecule has 1 saturated carbocycles. The Morgan fingerprint density at radius 2 is 1.80 bits per heavy atom. The number of fused-ring (bicyclic) bond motifs is 2. The Labute approximate surface area is 186 Å². The van der Waals surface area contributed by atoms with Gasteiger partial charge in [0.15, 0.2) is 0 Å². The molecule has 4 rings (SSSR count). The maximum absolute atomic E-state index is 13.7. The van der Waals surface area contributed by atoms with Crippen LogP contribution >= 0.6 is 23.2 Å². The third-order valence-corrected chi connectivity index (χ3v) is 6.39. The third kappa shape index (κ3) is 3.66. The van der Waals surface area contributed by atoms with Gasteiger partial charge in [-0.25, -0.2) is 0 Å². The van der Waals surface area contributed by atoms with Gasteiger partial charge in [0, 0.05) is 34.5 Å². The van der Waals surface area contributed by atoms with Crippen molar-refractivity contribution in [2.45, 2.75) is 51.0 Å². The molecule has 1 heterocycles. The van der Waals surface area contributed by atoms with Crippen LogP contribution < -0.4 is 5.32 Å². The lowest BCUT2D eigenvalue weighted by atomic mass is 9.59. The summed E-state index contributed by atoms with van der Waals surface area (Å²) in [5.41, 5.74) is 1.24. The van der Waals surface area contributed by atoms with Crippen LogP contribution in [-0.2, 0) is 19.7 Å². The number of nitrogens with one attached hydrogen (secondary N) is 1. The molecule has 2 aromatic rings. The Bertz CT molecular complexity index is 1010. The maximum Gasteiger partial charge on any atom is 0.238 e. The highest BCUT2D eigenvalue weighted by molar-refractivity contribution is 6.31. The SMILES string of the molecule is CC(C)(C)COC1CC(=O)CC(c2cccc(Cl)c2)C12C(=O)Nc1cc(Cl)ccc12. The molecule has 0 aromatic heterocycles. The maximum atomic E-state index is 13.7. The zero-order chi connectivity index (χ0) is 21.7. The Hall–Kier alpha value is -1.88. The first-order valence-electron chi connectivity index (χ1n) is 10.1. The van der Waals surface area contributed by atoms with Gasteiger partial charge in [-0.05, 0) is 40.8 Å². The normalized spacial score (nSPS) is 26.0. The fourth-order valence-electron chi connectivity index (χ4n) is 4.70. The van der Waals surface area contributed by atoms with E-state index in [1.54, 1.807) is 18.2 Å². The molecular weight excluding hydrogens is 421 g/mol. The molecular formula is C24H25Cl2NO3. The van der Waals surface area contributed by atoms with Crippen LogP contribution in [0.2, 0.25) is 10.0 Å². The summed E-state index contributed by atoms with van der Waals surface area (Å²) in [6.07, 6.45) is -0.127. The number of anilines is 1. The molecule has 2 aliphatic rings. The summed E-state index contributed by atoms with van der Waals surface area (Å²) in [6.45, 7) is 6.65. The van der Waals surface area contributed by atoms with Gasteiger partial charge >= 0.3 is 0 Å². The number of rotatable bonds is 3. The van der Waals surface area contributed by atoms with Crippen LogP contribution in [0.1, 0.15) is 50.7 Å². The first-order valence-corrected chi connectivity index (χ1v) is 10.9. The van der Waals surface area contributed by atoms with Crippen LogP contribution in [0, 0.1) is 5.41 Å². The van der Waals surface area contributed by atoms with Gasteiger partial charge in [-0.15, -0.1) is 0 Å². The van der Waals surface area contributed by atoms with Gasteiger partial charge in [0.05, 0.1) is 12.7 Å². The number of halogens is 2. The van der Waals surface area contributed by atoms with Crippen molar-refractivity contribution in [3.05, 3.63) is 63.6 Å². The molecule has 2 aromatic carbocycles. The molecule has 30 heavy (non-hydrogen) atoms. The molecule has 0 bridgehead atoms. The first-order chi connectivity index (χ1) is 14.1. The largest absolute Gasteiger partial charge is 0.376 e. The molecule has 3 atom stereocenters. The van der Waals surface area contributed by atoms with Crippen LogP contribution in [-0.4, -0.2) is 24.4 Å². The van der Waals surface area contributed by atoms with Gasteiger partial charge in [-0.2, -0.15) is 0 Å². The number of hydrogen-bond donors (Lipinski definition) is 1. The number of hydrogen-bond acceptors (Lipinski definition) is 3. The van der Waals surface area contributed by atoms with Crippen molar-refractivity contribution in [2.75, 3.05) is 11.9 Å². The lowest BCUT2D eigenvalue weighted by Gasteiger charge is -2.45. The van der Waals surface area contributed by atoms with Crippen LogP contribution in [0.4, 0.5) is 5.69 Å². The van der Waals surface area contributed by atoms with E-state index in [0.29, 0.717) is 22.3 Å². The van der Waals surface area contributed by atoms with Crippen LogP contribution in [0.15, 0.2) is 42.5 Å². The van der Waals surface area contributed by atoms with Crippen molar-refractivity contribution in [3.8, 4) is 0 Å². The summed E-state index contributed by atoms with van der Waals surface area (Å²) >= 11 is 12.5. The predicted molar refractivity (Wildman–Crippen MR) is 119 cm³/mol. The quantitative estimate of drug-likeness (QED) is 0.652. The third-order valence-electron chi connectivity index (χ3n) is 5.92. The van der Waals surface area contributed by atoms with E-state index in [1.807, 2.05) is 24.3 Å². The Balaban J connectivity index is 1.91. The van der Waals surface area contributed by atoms with Gasteiger partial charge in [0.2, 0.25) is 5.91 Å². The van der Waals surface area contributed by atoms with E-state index < -0.39 is 11.5 Å². The number of ketones is 1. The van der Waals surface area contributed by atoms with Crippen molar-refractivity contribution in [1.29, 1.82) is 0 Å². The minimum atomic E-state index is -1.02. The van der Waals surface area contributed by atoms with E-state index in [-0.39, 0.29) is 35.9 Å². The lowest BCUT2D eigenvalue weighted by molar-refractivity contribution is -0.141. The molecule has 1 amide bonds. The van der Waals surface area contributed by atoms with Crippen LogP contribution in [0.5, 0.6) is 0 Å². The second kappa shape index (κ2) is 7.67. The second-order valence-corrected chi connectivity index (χ2v) is 10.3. The van der Waals surface area contributed by atoms with Crippen LogP contribution in [0.25, 0.3) is 0 Å². The van der Waals surface area contributed by atoms with Gasteiger partial charge in [0.1, 0.15) is 11.2 Å². The zero-order valence-corrected chi connectivity index (χ0v) is 18.8. The van der Waals surface area contributed by atoms with Crippen molar-refractivity contribution >= 4 is 40.6 Å². The fourth-order valence-corrected chi connectivity index (χ4v) is 5.07. The first kappa shape index (κ1) is 21.4. The summed E-state index contributed by atoms with van der Waals surface area (Å²) in [4.78, 5) is 26.5. The second-order valence-electron chi connectivity index (χ2n) is 9.43. The number of carbonyl (C=O) groups excluding carboxylic acids is 2. The predicted octanol–water partition coefficient (Wildman–Crippen LogP) is 5.76. The van der Waals surface area contributed by atoms with E-state index in [0.717, 1.165) is 11.1 Å². The number of Topliss-reactive ketones (excluding diaryl/α,β-unsaturated/α-hetero) is 1. The van der Waals surface area contributed by atoms with Gasteiger partial charge in [-0.3, -0.25) is 9.59 Å². The molecule has 0 saturated heterocycles. The highest BCUT2D eigenvalue weighted by atomic mass is 35.5. The van der Waals surface area contributed by atoms with E-state index in [2.05, 4.69) is 26.1 Å². The van der Waals surface area contributed by atoms with Crippen molar-refractivity contribution in [2.24, 2.45) is 5.41 Å². The summed E-state index contributed by atoms with van der Waals surface area (Å²) in [7, 11) is 0. The molecule has 0 radical (unpaired) electrons. The van der Waals surface area contributed by atoms with Crippen molar-refractivity contribution in [1.82, 2.24) is 0 Å². The monoisotopic (exact) mass is 445 g/mol. The van der Waals surface area contributed by atoms with Gasteiger partial charge in [0.25, 0.3) is 0 Å². The average molecular weight is 446 g/mol. The molecule has 6 heteroatoms. The Morgan fingerprint density at radius 3 is 2.50 bits per heavy atom. The minimum absolute atomic E-state index is 0.0831. The fraction of sp³-hybridized carbons (Fsp3) is 0.417. The van der Waals surface area contributed by atoms with E-state index in [4.69, 9.17) is 27.9 Å². The highest BCUT2D eigenvalue weighted by Crippen LogP contribution is 2.55. The highest BCUT2D eigenvalue weighted by Gasteiger charge is 2.61.